The zero-order valence-corrected chi connectivity index (χ0v) is 21.5. The highest BCUT2D eigenvalue weighted by Gasteiger charge is 2.13. The zero-order valence-electron chi connectivity index (χ0n) is 21.5. The molecule has 0 aromatic heterocycles. The van der Waals surface area contributed by atoms with Crippen LogP contribution in [0.2, 0.25) is 0 Å². The second-order valence-electron chi connectivity index (χ2n) is 9.86. The van der Waals surface area contributed by atoms with Crippen molar-refractivity contribution in [2.24, 2.45) is 0 Å². The molecule has 0 saturated carbocycles. The molecule has 0 bridgehead atoms. The topological polar surface area (TPSA) is 3.24 Å². The highest BCUT2D eigenvalue weighted by atomic mass is 15.1. The molecule has 0 aliphatic heterocycles. The fraction of sp³-hybridized carbons (Fsp3) is 0. The molecule has 1 nitrogen and oxygen atoms in total. The monoisotopic (exact) mass is 497 g/mol. The number of rotatable bonds is 5. The molecule has 7 aromatic carbocycles. The average Bonchev–Trinajstić information content (AvgIpc) is 3.02. The molecule has 0 atom stereocenters. The second kappa shape index (κ2) is 9.96. The lowest BCUT2D eigenvalue weighted by atomic mass is 9.94. The maximum Gasteiger partial charge on any atom is 0.0462 e. The van der Waals surface area contributed by atoms with E-state index in [2.05, 4.69) is 169 Å². The van der Waals surface area contributed by atoms with Crippen LogP contribution in [-0.4, -0.2) is 0 Å². The first-order valence-corrected chi connectivity index (χ1v) is 13.4. The van der Waals surface area contributed by atoms with E-state index in [-0.39, 0.29) is 0 Å². The van der Waals surface area contributed by atoms with Gasteiger partial charge in [0.15, 0.2) is 0 Å². The first-order chi connectivity index (χ1) is 19.3. The first kappa shape index (κ1) is 23.0. The molecule has 39 heavy (non-hydrogen) atoms. The van der Waals surface area contributed by atoms with Gasteiger partial charge in [-0.05, 0) is 92.3 Å². The van der Waals surface area contributed by atoms with Crippen molar-refractivity contribution >= 4 is 38.6 Å². The SMILES string of the molecule is c1ccc(N(c2ccccc2)c2ccc(-c3cccc4ccc(-c5ccc6ccccc6c5)cc34)cc2)cc1. The Morgan fingerprint density at radius 1 is 0.308 bits per heavy atom. The summed E-state index contributed by atoms with van der Waals surface area (Å²) in [6.07, 6.45) is 0. The number of benzene rings is 7. The first-order valence-electron chi connectivity index (χ1n) is 13.4. The highest BCUT2D eigenvalue weighted by molar-refractivity contribution is 6.00. The maximum absolute atomic E-state index is 2.34. The van der Waals surface area contributed by atoms with Gasteiger partial charge in [-0.1, -0.05) is 115 Å². The predicted molar refractivity (Wildman–Crippen MR) is 167 cm³/mol. The van der Waals surface area contributed by atoms with Gasteiger partial charge in [-0.3, -0.25) is 0 Å². The normalized spacial score (nSPS) is 11.1. The van der Waals surface area contributed by atoms with Crippen LogP contribution >= 0.6 is 0 Å². The summed E-state index contributed by atoms with van der Waals surface area (Å²) >= 11 is 0. The number of anilines is 3. The molecule has 7 rings (SSSR count). The molecule has 0 aliphatic rings. The molecule has 0 spiro atoms. The van der Waals surface area contributed by atoms with Gasteiger partial charge in [0.2, 0.25) is 0 Å². The van der Waals surface area contributed by atoms with Gasteiger partial charge in [0.05, 0.1) is 0 Å². The Morgan fingerprint density at radius 2 is 0.821 bits per heavy atom. The molecule has 0 radical (unpaired) electrons. The van der Waals surface area contributed by atoms with Gasteiger partial charge in [-0.25, -0.2) is 0 Å². The Bertz CT molecular complexity index is 1850. The van der Waals surface area contributed by atoms with Crippen LogP contribution in [0.3, 0.4) is 0 Å². The molecular formula is C38H27N. The summed E-state index contributed by atoms with van der Waals surface area (Å²) in [6, 6.07) is 58.7. The van der Waals surface area contributed by atoms with Crippen LogP contribution in [0.25, 0.3) is 43.8 Å². The molecule has 1 heteroatoms. The summed E-state index contributed by atoms with van der Waals surface area (Å²) in [4.78, 5) is 2.30. The molecule has 0 saturated heterocycles. The molecule has 0 N–H and O–H groups in total. The number of hydrogen-bond donors (Lipinski definition) is 0. The van der Waals surface area contributed by atoms with Crippen LogP contribution in [0.15, 0.2) is 164 Å². The Labute approximate surface area is 229 Å². The summed E-state index contributed by atoms with van der Waals surface area (Å²) in [5.74, 6) is 0. The van der Waals surface area contributed by atoms with Crippen molar-refractivity contribution in [3.63, 3.8) is 0 Å². The Hall–Kier alpha value is -5.14. The van der Waals surface area contributed by atoms with Crippen LogP contribution in [0.1, 0.15) is 0 Å². The smallest absolute Gasteiger partial charge is 0.0462 e. The van der Waals surface area contributed by atoms with E-state index in [1.165, 1.54) is 43.8 Å². The molecule has 0 heterocycles. The van der Waals surface area contributed by atoms with E-state index >= 15 is 0 Å². The van der Waals surface area contributed by atoms with Gasteiger partial charge >= 0.3 is 0 Å². The second-order valence-corrected chi connectivity index (χ2v) is 9.86. The van der Waals surface area contributed by atoms with Gasteiger partial charge in [0, 0.05) is 17.1 Å². The largest absolute Gasteiger partial charge is 0.311 e. The lowest BCUT2D eigenvalue weighted by molar-refractivity contribution is 1.28. The van der Waals surface area contributed by atoms with Crippen molar-refractivity contribution in [2.75, 3.05) is 4.90 Å². The number of para-hydroxylation sites is 2. The van der Waals surface area contributed by atoms with Crippen molar-refractivity contribution in [1.82, 2.24) is 0 Å². The fourth-order valence-electron chi connectivity index (χ4n) is 5.46. The molecule has 0 unspecified atom stereocenters. The van der Waals surface area contributed by atoms with Gasteiger partial charge in [-0.2, -0.15) is 0 Å². The number of nitrogens with zero attached hydrogens (tertiary/aromatic N) is 1. The van der Waals surface area contributed by atoms with E-state index < -0.39 is 0 Å². The van der Waals surface area contributed by atoms with E-state index in [9.17, 15) is 0 Å². The third kappa shape index (κ3) is 4.45. The molecule has 0 aliphatic carbocycles. The number of hydrogen-bond acceptors (Lipinski definition) is 1. The van der Waals surface area contributed by atoms with Crippen molar-refractivity contribution in [3.8, 4) is 22.3 Å². The van der Waals surface area contributed by atoms with E-state index in [0.29, 0.717) is 0 Å². The zero-order chi connectivity index (χ0) is 26.0. The summed E-state index contributed by atoms with van der Waals surface area (Å²) < 4.78 is 0. The Balaban J connectivity index is 1.30. The molecular weight excluding hydrogens is 470 g/mol. The van der Waals surface area contributed by atoms with Crippen molar-refractivity contribution < 1.29 is 0 Å². The van der Waals surface area contributed by atoms with E-state index in [1.807, 2.05) is 0 Å². The van der Waals surface area contributed by atoms with E-state index in [4.69, 9.17) is 0 Å². The fourth-order valence-corrected chi connectivity index (χ4v) is 5.46. The van der Waals surface area contributed by atoms with Crippen LogP contribution < -0.4 is 4.90 Å². The predicted octanol–water partition coefficient (Wildman–Crippen LogP) is 10.8. The van der Waals surface area contributed by atoms with Gasteiger partial charge in [-0.15, -0.1) is 0 Å². The van der Waals surface area contributed by atoms with Crippen LogP contribution in [0.5, 0.6) is 0 Å². The standard InChI is InChI=1S/C38H27N/c1-3-13-34(14-4-1)39(35-15-5-2-6-16-35)36-24-22-30(23-25-36)37-17-9-12-29-19-21-33(27-38(29)37)32-20-18-28-10-7-8-11-31(28)26-32/h1-27H. The minimum absolute atomic E-state index is 1.13. The summed E-state index contributed by atoms with van der Waals surface area (Å²) in [5.41, 5.74) is 8.34. The van der Waals surface area contributed by atoms with E-state index in [1.54, 1.807) is 0 Å². The Morgan fingerprint density at radius 3 is 1.51 bits per heavy atom. The van der Waals surface area contributed by atoms with Gasteiger partial charge in [0.1, 0.15) is 0 Å². The lowest BCUT2D eigenvalue weighted by Crippen LogP contribution is -2.09. The minimum atomic E-state index is 1.13. The number of fused-ring (bicyclic) bond motifs is 2. The molecule has 184 valence electrons. The van der Waals surface area contributed by atoms with E-state index in [0.717, 1.165) is 17.1 Å². The summed E-state index contributed by atoms with van der Waals surface area (Å²) in [6.45, 7) is 0. The minimum Gasteiger partial charge on any atom is -0.311 e. The maximum atomic E-state index is 2.34. The quantitative estimate of drug-likeness (QED) is 0.229. The highest BCUT2D eigenvalue weighted by Crippen LogP contribution is 2.37. The van der Waals surface area contributed by atoms with Crippen LogP contribution in [0.4, 0.5) is 17.1 Å². The van der Waals surface area contributed by atoms with Crippen molar-refractivity contribution in [3.05, 3.63) is 164 Å². The van der Waals surface area contributed by atoms with Gasteiger partial charge < -0.3 is 4.90 Å². The van der Waals surface area contributed by atoms with Crippen LogP contribution in [-0.2, 0) is 0 Å². The Kier molecular flexibility index (Phi) is 5.88. The van der Waals surface area contributed by atoms with Gasteiger partial charge in [0.25, 0.3) is 0 Å². The van der Waals surface area contributed by atoms with Crippen molar-refractivity contribution in [2.45, 2.75) is 0 Å². The summed E-state index contributed by atoms with van der Waals surface area (Å²) in [5, 5.41) is 5.04. The van der Waals surface area contributed by atoms with Crippen molar-refractivity contribution in [1.29, 1.82) is 0 Å². The third-order valence-electron chi connectivity index (χ3n) is 7.43. The lowest BCUT2D eigenvalue weighted by Gasteiger charge is -2.25. The molecule has 7 aromatic rings. The molecule has 0 fully saturated rings. The average molecular weight is 498 g/mol. The summed E-state index contributed by atoms with van der Waals surface area (Å²) in [7, 11) is 0. The van der Waals surface area contributed by atoms with Crippen LogP contribution in [0, 0.1) is 0 Å². The molecule has 0 amide bonds. The third-order valence-corrected chi connectivity index (χ3v) is 7.43.